The molecule has 0 saturated heterocycles. The van der Waals surface area contributed by atoms with Crippen molar-refractivity contribution in [2.75, 3.05) is 17.2 Å². The van der Waals surface area contributed by atoms with E-state index in [1.54, 1.807) is 17.7 Å². The lowest BCUT2D eigenvalue weighted by Gasteiger charge is -2.28. The minimum absolute atomic E-state index is 0.328. The molecule has 0 atom stereocenters. The number of nitrogens with zero attached hydrogens (tertiary/aromatic N) is 6. The van der Waals surface area contributed by atoms with Crippen molar-refractivity contribution in [3.05, 3.63) is 23.1 Å². The number of thiophene rings is 1. The highest BCUT2D eigenvalue weighted by molar-refractivity contribution is 7.18. The maximum Gasteiger partial charge on any atom is 0.223 e. The molecule has 0 spiro atoms. The molecular weight excluding hydrogens is 286 g/mol. The largest absolute Gasteiger partial charge is 0.368 e. The number of nitrogens with two attached hydrogens (primary N) is 1. The van der Waals surface area contributed by atoms with Gasteiger partial charge >= 0.3 is 0 Å². The third kappa shape index (κ3) is 2.02. The SMILES string of the molecule is CCc1cc2c(N3CCn4cnnc4C3)nc(N)nc2s1. The molecule has 4 rings (SSSR count). The van der Waals surface area contributed by atoms with Crippen molar-refractivity contribution in [2.45, 2.75) is 26.4 Å². The molecule has 0 bridgehead atoms. The fraction of sp³-hybridized carbons (Fsp3) is 0.385. The fourth-order valence-electron chi connectivity index (χ4n) is 2.63. The van der Waals surface area contributed by atoms with Crippen LogP contribution >= 0.6 is 11.3 Å². The van der Waals surface area contributed by atoms with Crippen molar-refractivity contribution >= 4 is 33.3 Å². The van der Waals surface area contributed by atoms with E-state index >= 15 is 0 Å². The number of hydrogen-bond acceptors (Lipinski definition) is 7. The molecule has 8 heteroatoms. The van der Waals surface area contributed by atoms with Gasteiger partial charge in [-0.15, -0.1) is 21.5 Å². The Morgan fingerprint density at radius 2 is 2.24 bits per heavy atom. The van der Waals surface area contributed by atoms with Crippen LogP contribution in [-0.2, 0) is 19.5 Å². The van der Waals surface area contributed by atoms with Gasteiger partial charge in [0.2, 0.25) is 5.95 Å². The van der Waals surface area contributed by atoms with Gasteiger partial charge in [0.25, 0.3) is 0 Å². The number of aromatic nitrogens is 5. The quantitative estimate of drug-likeness (QED) is 0.771. The van der Waals surface area contributed by atoms with Crippen molar-refractivity contribution < 1.29 is 0 Å². The van der Waals surface area contributed by atoms with Crippen LogP contribution in [0.1, 0.15) is 17.6 Å². The van der Waals surface area contributed by atoms with Crippen LogP contribution in [0.5, 0.6) is 0 Å². The smallest absolute Gasteiger partial charge is 0.223 e. The summed E-state index contributed by atoms with van der Waals surface area (Å²) in [6.45, 7) is 4.57. The van der Waals surface area contributed by atoms with Gasteiger partial charge in [0.15, 0.2) is 5.82 Å². The first-order valence-electron chi connectivity index (χ1n) is 6.92. The highest BCUT2D eigenvalue weighted by atomic mass is 32.1. The maximum absolute atomic E-state index is 5.88. The van der Waals surface area contributed by atoms with Crippen LogP contribution in [0.2, 0.25) is 0 Å². The van der Waals surface area contributed by atoms with Crippen molar-refractivity contribution in [1.29, 1.82) is 0 Å². The summed E-state index contributed by atoms with van der Waals surface area (Å²) >= 11 is 1.69. The van der Waals surface area contributed by atoms with Gasteiger partial charge in [-0.3, -0.25) is 0 Å². The van der Waals surface area contributed by atoms with E-state index in [0.29, 0.717) is 12.5 Å². The van der Waals surface area contributed by atoms with Crippen LogP contribution in [0, 0.1) is 0 Å². The molecule has 3 aromatic rings. The zero-order valence-electron chi connectivity index (χ0n) is 11.7. The van der Waals surface area contributed by atoms with E-state index in [4.69, 9.17) is 5.73 Å². The molecule has 1 aliphatic rings. The number of nitrogen functional groups attached to an aromatic ring is 1. The van der Waals surface area contributed by atoms with Crippen LogP contribution in [0.25, 0.3) is 10.2 Å². The normalized spacial score (nSPS) is 14.6. The van der Waals surface area contributed by atoms with Gasteiger partial charge in [0.05, 0.1) is 11.9 Å². The Kier molecular flexibility index (Phi) is 2.78. The van der Waals surface area contributed by atoms with Crippen LogP contribution < -0.4 is 10.6 Å². The first-order valence-corrected chi connectivity index (χ1v) is 7.74. The molecule has 7 nitrogen and oxygen atoms in total. The van der Waals surface area contributed by atoms with Gasteiger partial charge in [-0.2, -0.15) is 4.98 Å². The van der Waals surface area contributed by atoms with E-state index in [1.165, 1.54) is 4.88 Å². The fourth-order valence-corrected chi connectivity index (χ4v) is 3.60. The Balaban J connectivity index is 1.81. The van der Waals surface area contributed by atoms with Crippen LogP contribution in [0.3, 0.4) is 0 Å². The molecule has 2 N–H and O–H groups in total. The topological polar surface area (TPSA) is 85.8 Å². The zero-order chi connectivity index (χ0) is 14.4. The third-order valence-corrected chi connectivity index (χ3v) is 4.90. The summed E-state index contributed by atoms with van der Waals surface area (Å²) in [7, 11) is 0. The molecule has 21 heavy (non-hydrogen) atoms. The van der Waals surface area contributed by atoms with Crippen LogP contribution in [-0.4, -0.2) is 31.3 Å². The zero-order valence-corrected chi connectivity index (χ0v) is 12.5. The number of anilines is 2. The van der Waals surface area contributed by atoms with Crippen molar-refractivity contribution in [3.8, 4) is 0 Å². The van der Waals surface area contributed by atoms with Gasteiger partial charge in [0, 0.05) is 18.0 Å². The molecular formula is C13H15N7S. The molecule has 0 radical (unpaired) electrons. The Hall–Kier alpha value is -2.22. The number of aryl methyl sites for hydroxylation is 1. The van der Waals surface area contributed by atoms with Gasteiger partial charge in [-0.25, -0.2) is 4.98 Å². The average Bonchev–Trinajstić information content (AvgIpc) is 3.11. The Labute approximate surface area is 125 Å². The second-order valence-corrected chi connectivity index (χ2v) is 6.17. The van der Waals surface area contributed by atoms with E-state index in [1.807, 2.05) is 0 Å². The molecule has 0 unspecified atom stereocenters. The van der Waals surface area contributed by atoms with Crippen LogP contribution in [0.15, 0.2) is 12.4 Å². The van der Waals surface area contributed by atoms with E-state index in [-0.39, 0.29) is 0 Å². The number of rotatable bonds is 2. The molecule has 108 valence electrons. The van der Waals surface area contributed by atoms with Crippen molar-refractivity contribution in [2.24, 2.45) is 0 Å². The maximum atomic E-state index is 5.88. The van der Waals surface area contributed by atoms with Gasteiger partial charge in [-0.05, 0) is 12.5 Å². The van der Waals surface area contributed by atoms with E-state index in [0.717, 1.165) is 41.4 Å². The summed E-state index contributed by atoms with van der Waals surface area (Å²) in [6.07, 6.45) is 2.77. The first-order chi connectivity index (χ1) is 10.2. The standard InChI is InChI=1S/C13H15N7S/c1-2-8-5-9-11(16-13(14)17-12(9)21-8)19-3-4-20-7-15-18-10(20)6-19/h5,7H,2-4,6H2,1H3,(H2,14,16,17). The minimum atomic E-state index is 0.328. The van der Waals surface area contributed by atoms with E-state index in [2.05, 4.69) is 42.6 Å². The lowest BCUT2D eigenvalue weighted by atomic mass is 10.2. The summed E-state index contributed by atoms with van der Waals surface area (Å²) in [5.41, 5.74) is 5.88. The Bertz CT molecular complexity index is 806. The Morgan fingerprint density at radius 1 is 1.33 bits per heavy atom. The number of fused-ring (bicyclic) bond motifs is 2. The summed E-state index contributed by atoms with van der Waals surface area (Å²) in [5, 5.41) is 9.20. The van der Waals surface area contributed by atoms with E-state index in [9.17, 15) is 0 Å². The average molecular weight is 301 g/mol. The Morgan fingerprint density at radius 3 is 3.10 bits per heavy atom. The van der Waals surface area contributed by atoms with Crippen molar-refractivity contribution in [1.82, 2.24) is 24.7 Å². The highest BCUT2D eigenvalue weighted by Crippen LogP contribution is 2.33. The summed E-state index contributed by atoms with van der Waals surface area (Å²) in [5.74, 6) is 2.19. The summed E-state index contributed by atoms with van der Waals surface area (Å²) in [4.78, 5) is 13.3. The van der Waals surface area contributed by atoms with Gasteiger partial charge < -0.3 is 15.2 Å². The van der Waals surface area contributed by atoms with Gasteiger partial charge in [-0.1, -0.05) is 6.92 Å². The molecule has 0 saturated carbocycles. The predicted octanol–water partition coefficient (Wildman–Crippen LogP) is 1.45. The van der Waals surface area contributed by atoms with Gasteiger partial charge in [0.1, 0.15) is 17.0 Å². The molecule has 4 heterocycles. The number of hydrogen-bond donors (Lipinski definition) is 1. The third-order valence-electron chi connectivity index (χ3n) is 3.73. The second-order valence-electron chi connectivity index (χ2n) is 5.05. The molecule has 1 aliphatic heterocycles. The highest BCUT2D eigenvalue weighted by Gasteiger charge is 2.22. The molecule has 3 aromatic heterocycles. The lowest BCUT2D eigenvalue weighted by Crippen LogP contribution is -2.34. The molecule has 0 aromatic carbocycles. The first kappa shape index (κ1) is 12.5. The second kappa shape index (κ2) is 4.66. The lowest BCUT2D eigenvalue weighted by molar-refractivity contribution is 0.557. The van der Waals surface area contributed by atoms with Crippen LogP contribution in [0.4, 0.5) is 11.8 Å². The van der Waals surface area contributed by atoms with E-state index < -0.39 is 0 Å². The monoisotopic (exact) mass is 301 g/mol. The summed E-state index contributed by atoms with van der Waals surface area (Å²) < 4.78 is 2.07. The molecule has 0 amide bonds. The molecule has 0 fully saturated rings. The summed E-state index contributed by atoms with van der Waals surface area (Å²) in [6, 6.07) is 2.17. The predicted molar refractivity (Wildman–Crippen MR) is 82.3 cm³/mol. The molecule has 0 aliphatic carbocycles. The van der Waals surface area contributed by atoms with Crippen molar-refractivity contribution in [3.63, 3.8) is 0 Å². The minimum Gasteiger partial charge on any atom is -0.368 e.